The fourth-order valence-corrected chi connectivity index (χ4v) is 4.42. The van der Waals surface area contributed by atoms with Gasteiger partial charge in [0.15, 0.2) is 0 Å². The topological polar surface area (TPSA) is 62.7 Å². The predicted molar refractivity (Wildman–Crippen MR) is 98.1 cm³/mol. The molecule has 1 unspecified atom stereocenters. The smallest absolute Gasteiger partial charge is 0.410 e. The first-order valence-electron chi connectivity index (χ1n) is 8.73. The van der Waals surface area contributed by atoms with E-state index in [1.165, 1.54) is 0 Å². The van der Waals surface area contributed by atoms with E-state index in [0.717, 1.165) is 16.3 Å². The molecule has 2 fully saturated rings. The van der Waals surface area contributed by atoms with Crippen LogP contribution in [0.1, 0.15) is 16.3 Å². The van der Waals surface area contributed by atoms with E-state index < -0.39 is 5.54 Å². The highest BCUT2D eigenvalue weighted by molar-refractivity contribution is 7.09. The van der Waals surface area contributed by atoms with Crippen molar-refractivity contribution in [3.8, 4) is 0 Å². The number of piperazine rings is 1. The van der Waals surface area contributed by atoms with Gasteiger partial charge in [0, 0.05) is 31.4 Å². The van der Waals surface area contributed by atoms with Gasteiger partial charge < -0.3 is 9.64 Å². The first-order valence-corrected chi connectivity index (χ1v) is 9.61. The Morgan fingerprint density at radius 2 is 2.12 bits per heavy atom. The zero-order valence-corrected chi connectivity index (χ0v) is 15.5. The molecule has 1 atom stereocenters. The maximum Gasteiger partial charge on any atom is 0.410 e. The van der Waals surface area contributed by atoms with Crippen molar-refractivity contribution < 1.29 is 14.3 Å². The molecule has 4 rings (SSSR count). The average Bonchev–Trinajstić information content (AvgIpc) is 3.19. The molecule has 6 nitrogen and oxygen atoms in total. The van der Waals surface area contributed by atoms with E-state index in [-0.39, 0.29) is 12.0 Å². The normalized spacial score (nSPS) is 22.3. The van der Waals surface area contributed by atoms with E-state index in [4.69, 9.17) is 4.74 Å². The summed E-state index contributed by atoms with van der Waals surface area (Å²) in [5.41, 5.74) is 1.47. The number of hydrogen-bond donors (Lipinski definition) is 0. The van der Waals surface area contributed by atoms with Crippen molar-refractivity contribution in [3.05, 3.63) is 52.0 Å². The summed E-state index contributed by atoms with van der Waals surface area (Å²) in [6.07, 6.45) is 0.711. The molecule has 2 saturated heterocycles. The number of nitrogens with zero attached hydrogens (tertiary/aromatic N) is 3. The molecule has 0 aliphatic carbocycles. The van der Waals surface area contributed by atoms with E-state index in [1.54, 1.807) is 16.2 Å². The lowest BCUT2D eigenvalue weighted by atomic mass is 9.88. The minimum atomic E-state index is -0.482. The number of aryl methyl sites for hydroxylation is 1. The summed E-state index contributed by atoms with van der Waals surface area (Å²) in [5, 5.41) is 2.90. The number of rotatable bonds is 4. The van der Waals surface area contributed by atoms with Crippen LogP contribution in [0.4, 0.5) is 4.79 Å². The van der Waals surface area contributed by atoms with Crippen LogP contribution in [0.3, 0.4) is 0 Å². The molecule has 136 valence electrons. The number of ether oxygens (including phenoxy) is 1. The largest absolute Gasteiger partial charge is 0.447 e. The molecule has 1 aromatic carbocycles. The van der Waals surface area contributed by atoms with Gasteiger partial charge in [-0.3, -0.25) is 9.69 Å². The molecule has 1 aromatic heterocycles. The van der Waals surface area contributed by atoms with Crippen molar-refractivity contribution in [2.45, 2.75) is 25.3 Å². The van der Waals surface area contributed by atoms with Gasteiger partial charge in [0.1, 0.15) is 12.1 Å². The van der Waals surface area contributed by atoms with Gasteiger partial charge in [-0.15, -0.1) is 11.3 Å². The number of amides is 2. The summed E-state index contributed by atoms with van der Waals surface area (Å²) < 4.78 is 5.36. The molecular formula is C19H21N3O3S. The van der Waals surface area contributed by atoms with Crippen LogP contribution in [0.2, 0.25) is 0 Å². The SMILES string of the molecule is Cc1nc(CC(=O)N2CCN3C(=O)OCC3(Cc3ccccc3)C2)cs1. The van der Waals surface area contributed by atoms with Crippen LogP contribution in [0.5, 0.6) is 0 Å². The van der Waals surface area contributed by atoms with Crippen molar-refractivity contribution >= 4 is 23.3 Å². The highest BCUT2D eigenvalue weighted by Crippen LogP contribution is 2.32. The zero-order valence-electron chi connectivity index (χ0n) is 14.7. The third-order valence-electron chi connectivity index (χ3n) is 5.06. The molecule has 2 aliphatic heterocycles. The van der Waals surface area contributed by atoms with Crippen molar-refractivity contribution in [1.29, 1.82) is 0 Å². The molecular weight excluding hydrogens is 350 g/mol. The number of carbonyl (C=O) groups is 2. The Morgan fingerprint density at radius 1 is 1.31 bits per heavy atom. The second kappa shape index (κ2) is 6.72. The number of thiazole rings is 1. The predicted octanol–water partition coefficient (Wildman–Crippen LogP) is 2.27. The molecule has 0 N–H and O–H groups in total. The monoisotopic (exact) mass is 371 g/mol. The van der Waals surface area contributed by atoms with Gasteiger partial charge in [-0.1, -0.05) is 30.3 Å². The Morgan fingerprint density at radius 3 is 2.85 bits per heavy atom. The number of benzene rings is 1. The van der Waals surface area contributed by atoms with E-state index in [0.29, 0.717) is 39.1 Å². The number of fused-ring (bicyclic) bond motifs is 1. The Hall–Kier alpha value is -2.41. The highest BCUT2D eigenvalue weighted by atomic mass is 32.1. The van der Waals surface area contributed by atoms with Gasteiger partial charge in [-0.25, -0.2) is 9.78 Å². The van der Waals surface area contributed by atoms with Crippen LogP contribution in [0, 0.1) is 6.92 Å². The number of hydrogen-bond acceptors (Lipinski definition) is 5. The van der Waals surface area contributed by atoms with E-state index in [1.807, 2.05) is 35.4 Å². The molecule has 26 heavy (non-hydrogen) atoms. The first-order chi connectivity index (χ1) is 12.6. The maximum absolute atomic E-state index is 12.8. The number of carbonyl (C=O) groups excluding carboxylic acids is 2. The molecule has 3 heterocycles. The van der Waals surface area contributed by atoms with E-state index in [2.05, 4.69) is 17.1 Å². The van der Waals surface area contributed by atoms with Gasteiger partial charge in [-0.2, -0.15) is 0 Å². The first kappa shape index (κ1) is 17.0. The Balaban J connectivity index is 1.53. The summed E-state index contributed by atoms with van der Waals surface area (Å²) in [5.74, 6) is 0.0572. The Bertz CT molecular complexity index is 822. The van der Waals surface area contributed by atoms with Gasteiger partial charge in [0.2, 0.25) is 5.91 Å². The lowest BCUT2D eigenvalue weighted by Gasteiger charge is -2.44. The highest BCUT2D eigenvalue weighted by Gasteiger charge is 2.51. The summed E-state index contributed by atoms with van der Waals surface area (Å²) in [6, 6.07) is 10.1. The molecule has 2 aliphatic rings. The van der Waals surface area contributed by atoms with Crippen LogP contribution in [-0.2, 0) is 22.4 Å². The van der Waals surface area contributed by atoms with Crippen molar-refractivity contribution in [1.82, 2.24) is 14.8 Å². The van der Waals surface area contributed by atoms with Gasteiger partial charge in [-0.05, 0) is 12.5 Å². The molecule has 0 radical (unpaired) electrons. The van der Waals surface area contributed by atoms with Gasteiger partial charge in [0.25, 0.3) is 0 Å². The van der Waals surface area contributed by atoms with Crippen LogP contribution >= 0.6 is 11.3 Å². The quantitative estimate of drug-likeness (QED) is 0.827. The third-order valence-corrected chi connectivity index (χ3v) is 5.89. The molecule has 0 bridgehead atoms. The van der Waals surface area contributed by atoms with Crippen molar-refractivity contribution in [2.24, 2.45) is 0 Å². The fourth-order valence-electron chi connectivity index (χ4n) is 3.81. The van der Waals surface area contributed by atoms with E-state index in [9.17, 15) is 9.59 Å². The maximum atomic E-state index is 12.8. The summed E-state index contributed by atoms with van der Waals surface area (Å²) in [7, 11) is 0. The van der Waals surface area contributed by atoms with Crippen molar-refractivity contribution in [2.75, 3.05) is 26.2 Å². The van der Waals surface area contributed by atoms with Crippen LogP contribution in [0.25, 0.3) is 0 Å². The fraction of sp³-hybridized carbons (Fsp3) is 0.421. The van der Waals surface area contributed by atoms with Crippen LogP contribution in [-0.4, -0.2) is 58.6 Å². The minimum absolute atomic E-state index is 0.0572. The second-order valence-electron chi connectivity index (χ2n) is 6.94. The Kier molecular flexibility index (Phi) is 4.40. The summed E-state index contributed by atoms with van der Waals surface area (Å²) in [6.45, 7) is 3.80. The summed E-state index contributed by atoms with van der Waals surface area (Å²) >= 11 is 1.56. The summed E-state index contributed by atoms with van der Waals surface area (Å²) in [4.78, 5) is 33.0. The lowest BCUT2D eigenvalue weighted by Crippen LogP contribution is -2.63. The lowest BCUT2D eigenvalue weighted by molar-refractivity contribution is -0.134. The Labute approximate surface area is 156 Å². The molecule has 0 saturated carbocycles. The van der Waals surface area contributed by atoms with Crippen molar-refractivity contribution in [3.63, 3.8) is 0 Å². The molecule has 2 aromatic rings. The average molecular weight is 371 g/mol. The van der Waals surface area contributed by atoms with Crippen LogP contribution in [0.15, 0.2) is 35.7 Å². The van der Waals surface area contributed by atoms with Gasteiger partial charge >= 0.3 is 6.09 Å². The zero-order chi connectivity index (χ0) is 18.1. The number of cyclic esters (lactones) is 1. The second-order valence-corrected chi connectivity index (χ2v) is 8.01. The number of aromatic nitrogens is 1. The van der Waals surface area contributed by atoms with Crippen LogP contribution < -0.4 is 0 Å². The standard InChI is InChI=1S/C19H21N3O3S/c1-14-20-16(11-26-14)9-17(23)21-7-8-22-18(24)25-13-19(22,12-21)10-15-5-3-2-4-6-15/h2-6,11H,7-10,12-13H2,1H3. The van der Waals surface area contributed by atoms with E-state index >= 15 is 0 Å². The third kappa shape index (κ3) is 3.19. The molecule has 7 heteroatoms. The minimum Gasteiger partial charge on any atom is -0.447 e. The molecule has 2 amide bonds. The van der Waals surface area contributed by atoms with Gasteiger partial charge in [0.05, 0.1) is 17.1 Å². The molecule has 0 spiro atoms.